The van der Waals surface area contributed by atoms with E-state index in [0.717, 1.165) is 6.07 Å². The van der Waals surface area contributed by atoms with Crippen molar-refractivity contribution in [2.75, 3.05) is 11.1 Å². The number of pyridine rings is 1. The number of hydrogen-bond acceptors (Lipinski definition) is 3. The van der Waals surface area contributed by atoms with E-state index >= 15 is 0 Å². The highest BCUT2D eigenvalue weighted by molar-refractivity contribution is 9.10. The van der Waals surface area contributed by atoms with Gasteiger partial charge in [-0.25, -0.2) is 4.98 Å². The Bertz CT molecular complexity index is 599. The molecule has 1 aromatic heterocycles. The van der Waals surface area contributed by atoms with Gasteiger partial charge in [-0.1, -0.05) is 22.0 Å². The summed E-state index contributed by atoms with van der Waals surface area (Å²) in [5, 5.41) is 2.77. The van der Waals surface area contributed by atoms with Crippen LogP contribution in [0.5, 0.6) is 0 Å². The molecule has 2 rings (SSSR count). The Balaban J connectivity index is 2.32. The molecule has 0 radical (unpaired) electrons. The van der Waals surface area contributed by atoms with Gasteiger partial charge in [0.05, 0.1) is 5.56 Å². The lowest BCUT2D eigenvalue weighted by molar-refractivity contribution is -0.138. The van der Waals surface area contributed by atoms with Gasteiger partial charge in [0.25, 0.3) is 0 Å². The van der Waals surface area contributed by atoms with Gasteiger partial charge < -0.3 is 11.1 Å². The molecule has 0 aliphatic heterocycles. The summed E-state index contributed by atoms with van der Waals surface area (Å²) in [5.74, 6) is 0.675. The standard InChI is InChI=1S/C12H9BrF3N3/c13-9-5-4-7(6-8(9)12(14,15)16)18-11-3-1-2-10(17)19-11/h1-6H,(H3,17,18,19). The largest absolute Gasteiger partial charge is 0.417 e. The highest BCUT2D eigenvalue weighted by Crippen LogP contribution is 2.36. The Kier molecular flexibility index (Phi) is 3.66. The molecule has 19 heavy (non-hydrogen) atoms. The highest BCUT2D eigenvalue weighted by Gasteiger charge is 2.33. The lowest BCUT2D eigenvalue weighted by Gasteiger charge is -2.12. The molecule has 0 saturated carbocycles. The van der Waals surface area contributed by atoms with Crippen LogP contribution in [0.15, 0.2) is 40.9 Å². The van der Waals surface area contributed by atoms with Crippen LogP contribution in [-0.4, -0.2) is 4.98 Å². The van der Waals surface area contributed by atoms with Crippen molar-refractivity contribution in [2.24, 2.45) is 0 Å². The topological polar surface area (TPSA) is 50.9 Å². The molecule has 0 atom stereocenters. The summed E-state index contributed by atoms with van der Waals surface area (Å²) in [6, 6.07) is 8.73. The number of nitrogen functional groups attached to an aromatic ring is 1. The van der Waals surface area contributed by atoms with Crippen molar-refractivity contribution >= 4 is 33.3 Å². The van der Waals surface area contributed by atoms with Crippen LogP contribution in [0.1, 0.15) is 5.56 Å². The first-order chi connectivity index (χ1) is 8.86. The van der Waals surface area contributed by atoms with Crippen LogP contribution in [0.2, 0.25) is 0 Å². The minimum absolute atomic E-state index is 0.00825. The van der Waals surface area contributed by atoms with Gasteiger partial charge in [-0.2, -0.15) is 13.2 Å². The van der Waals surface area contributed by atoms with Gasteiger partial charge in [0.1, 0.15) is 11.6 Å². The first-order valence-electron chi connectivity index (χ1n) is 5.22. The fourth-order valence-corrected chi connectivity index (χ4v) is 1.96. The Morgan fingerprint density at radius 1 is 1.16 bits per heavy atom. The van der Waals surface area contributed by atoms with Crippen molar-refractivity contribution < 1.29 is 13.2 Å². The summed E-state index contributed by atoms with van der Waals surface area (Å²) in [6.07, 6.45) is -4.42. The zero-order valence-electron chi connectivity index (χ0n) is 9.50. The maximum atomic E-state index is 12.7. The van der Waals surface area contributed by atoms with E-state index in [0.29, 0.717) is 5.82 Å². The summed E-state index contributed by atoms with van der Waals surface area (Å²) in [7, 11) is 0. The number of nitrogens with two attached hydrogens (primary N) is 1. The van der Waals surface area contributed by atoms with Crippen LogP contribution in [0.25, 0.3) is 0 Å². The van der Waals surface area contributed by atoms with Crippen molar-refractivity contribution in [1.29, 1.82) is 0 Å². The zero-order valence-corrected chi connectivity index (χ0v) is 11.1. The van der Waals surface area contributed by atoms with Crippen LogP contribution >= 0.6 is 15.9 Å². The van der Waals surface area contributed by atoms with E-state index in [1.54, 1.807) is 18.2 Å². The van der Waals surface area contributed by atoms with Gasteiger partial charge in [-0.3, -0.25) is 0 Å². The molecular weight excluding hydrogens is 323 g/mol. The Hall–Kier alpha value is -1.76. The van der Waals surface area contributed by atoms with Crippen molar-refractivity contribution in [2.45, 2.75) is 6.18 Å². The zero-order chi connectivity index (χ0) is 14.0. The normalized spacial score (nSPS) is 11.4. The monoisotopic (exact) mass is 331 g/mol. The molecule has 0 amide bonds. The highest BCUT2D eigenvalue weighted by atomic mass is 79.9. The molecule has 100 valence electrons. The van der Waals surface area contributed by atoms with Gasteiger partial charge in [0.2, 0.25) is 0 Å². The summed E-state index contributed by atoms with van der Waals surface area (Å²) in [6.45, 7) is 0. The van der Waals surface area contributed by atoms with Gasteiger partial charge in [-0.15, -0.1) is 0 Å². The molecule has 0 aliphatic rings. The average molecular weight is 332 g/mol. The van der Waals surface area contributed by atoms with E-state index in [1.165, 1.54) is 12.1 Å². The molecular formula is C12H9BrF3N3. The lowest BCUT2D eigenvalue weighted by Crippen LogP contribution is -2.07. The number of nitrogens with one attached hydrogen (secondary N) is 1. The maximum Gasteiger partial charge on any atom is 0.417 e. The summed E-state index contributed by atoms with van der Waals surface area (Å²) in [5.41, 5.74) is 5.03. The van der Waals surface area contributed by atoms with E-state index in [-0.39, 0.29) is 16.0 Å². The molecule has 0 unspecified atom stereocenters. The predicted octanol–water partition coefficient (Wildman–Crippen LogP) is 4.19. The first kappa shape index (κ1) is 13.7. The van der Waals surface area contributed by atoms with Gasteiger partial charge in [0, 0.05) is 10.2 Å². The fourth-order valence-electron chi connectivity index (χ4n) is 1.49. The van der Waals surface area contributed by atoms with Crippen molar-refractivity contribution in [3.63, 3.8) is 0 Å². The average Bonchev–Trinajstić information content (AvgIpc) is 2.30. The molecule has 0 saturated heterocycles. The van der Waals surface area contributed by atoms with Crippen LogP contribution in [0.3, 0.4) is 0 Å². The Morgan fingerprint density at radius 3 is 2.53 bits per heavy atom. The Labute approximate surface area is 115 Å². The maximum absolute atomic E-state index is 12.7. The molecule has 7 heteroatoms. The molecule has 3 N–H and O–H groups in total. The molecule has 2 aromatic rings. The minimum atomic E-state index is -4.42. The van der Waals surface area contributed by atoms with E-state index in [1.807, 2.05) is 0 Å². The number of rotatable bonds is 2. The van der Waals surface area contributed by atoms with E-state index in [2.05, 4.69) is 26.2 Å². The number of anilines is 3. The van der Waals surface area contributed by atoms with Crippen molar-refractivity contribution in [3.8, 4) is 0 Å². The molecule has 0 spiro atoms. The number of halogens is 4. The smallest absolute Gasteiger partial charge is 0.384 e. The summed E-state index contributed by atoms with van der Waals surface area (Å²) >= 11 is 2.88. The molecule has 3 nitrogen and oxygen atoms in total. The number of hydrogen-bond donors (Lipinski definition) is 2. The number of alkyl halides is 3. The third-order valence-corrected chi connectivity index (χ3v) is 3.01. The predicted molar refractivity (Wildman–Crippen MR) is 71.1 cm³/mol. The summed E-state index contributed by atoms with van der Waals surface area (Å²) in [4.78, 5) is 3.96. The molecule has 0 aliphatic carbocycles. The third-order valence-electron chi connectivity index (χ3n) is 2.31. The molecule has 1 aromatic carbocycles. The fraction of sp³-hybridized carbons (Fsp3) is 0.0833. The third kappa shape index (κ3) is 3.37. The van der Waals surface area contributed by atoms with Gasteiger partial charge in [0.15, 0.2) is 0 Å². The van der Waals surface area contributed by atoms with E-state index in [4.69, 9.17) is 5.73 Å². The number of nitrogens with zero attached hydrogens (tertiary/aromatic N) is 1. The first-order valence-corrected chi connectivity index (χ1v) is 6.02. The van der Waals surface area contributed by atoms with E-state index < -0.39 is 11.7 Å². The molecule has 0 bridgehead atoms. The molecule has 0 fully saturated rings. The SMILES string of the molecule is Nc1cccc(Nc2ccc(Br)c(C(F)(F)F)c2)n1. The summed E-state index contributed by atoms with van der Waals surface area (Å²) < 4.78 is 38.2. The second-order valence-corrected chi connectivity index (χ2v) is 4.62. The quantitative estimate of drug-likeness (QED) is 0.867. The second-order valence-electron chi connectivity index (χ2n) is 3.77. The van der Waals surface area contributed by atoms with Crippen molar-refractivity contribution in [3.05, 3.63) is 46.4 Å². The van der Waals surface area contributed by atoms with Crippen LogP contribution < -0.4 is 11.1 Å². The number of benzene rings is 1. The lowest BCUT2D eigenvalue weighted by atomic mass is 10.2. The van der Waals surface area contributed by atoms with Crippen LogP contribution in [0, 0.1) is 0 Å². The molecule has 1 heterocycles. The van der Waals surface area contributed by atoms with Crippen LogP contribution in [0.4, 0.5) is 30.5 Å². The van der Waals surface area contributed by atoms with Crippen LogP contribution in [-0.2, 0) is 6.18 Å². The Morgan fingerprint density at radius 2 is 1.89 bits per heavy atom. The number of aromatic nitrogens is 1. The van der Waals surface area contributed by atoms with Crippen molar-refractivity contribution in [1.82, 2.24) is 4.98 Å². The minimum Gasteiger partial charge on any atom is -0.384 e. The second kappa shape index (κ2) is 5.08. The van der Waals surface area contributed by atoms with Gasteiger partial charge >= 0.3 is 6.18 Å². The van der Waals surface area contributed by atoms with E-state index in [9.17, 15) is 13.2 Å². The van der Waals surface area contributed by atoms with Gasteiger partial charge in [-0.05, 0) is 30.3 Å².